The number of methoxy groups -OCH3 is 2. The van der Waals surface area contributed by atoms with E-state index in [1.165, 1.54) is 29.1 Å². The maximum atomic E-state index is 12.0. The van der Waals surface area contributed by atoms with Gasteiger partial charge in [0.15, 0.2) is 18.0 Å². The van der Waals surface area contributed by atoms with E-state index >= 15 is 0 Å². The largest absolute Gasteiger partial charge is 0.493 e. The third-order valence-electron chi connectivity index (χ3n) is 6.23. The summed E-state index contributed by atoms with van der Waals surface area (Å²) in [5.74, 6) is 2.53. The van der Waals surface area contributed by atoms with E-state index in [4.69, 9.17) is 9.47 Å². The molecule has 0 spiro atoms. The van der Waals surface area contributed by atoms with Gasteiger partial charge in [0.05, 0.1) is 20.8 Å². The lowest BCUT2D eigenvalue weighted by atomic mass is 10.0. The highest BCUT2D eigenvalue weighted by Crippen LogP contribution is 2.39. The van der Waals surface area contributed by atoms with Gasteiger partial charge in [-0.05, 0) is 68.5 Å². The van der Waals surface area contributed by atoms with E-state index in [0.717, 1.165) is 31.4 Å². The van der Waals surface area contributed by atoms with E-state index in [0.29, 0.717) is 18.0 Å². The van der Waals surface area contributed by atoms with Gasteiger partial charge in [-0.1, -0.05) is 12.1 Å². The summed E-state index contributed by atoms with van der Waals surface area (Å²) in [6, 6.07) is 12.3. The van der Waals surface area contributed by atoms with E-state index in [1.54, 1.807) is 14.2 Å². The van der Waals surface area contributed by atoms with Crippen molar-refractivity contribution in [3.63, 3.8) is 0 Å². The molecule has 0 fully saturated rings. The van der Waals surface area contributed by atoms with Crippen LogP contribution in [0.15, 0.2) is 36.4 Å². The number of β-amino-alcohol motifs (C(OH)–C–C–N with tert-alkyl or cyclic N) is 1. The second-order valence-corrected chi connectivity index (χ2v) is 8.14. The van der Waals surface area contributed by atoms with Crippen LogP contribution in [0.4, 0.5) is 5.69 Å². The number of aliphatic hydroxyl groups is 1. The lowest BCUT2D eigenvalue weighted by Crippen LogP contribution is -2.41. The average Bonchev–Trinajstić information content (AvgIpc) is 2.88. The van der Waals surface area contributed by atoms with Crippen molar-refractivity contribution in [1.29, 1.82) is 0 Å². The third-order valence-corrected chi connectivity index (χ3v) is 6.23. The van der Waals surface area contributed by atoms with Crippen molar-refractivity contribution in [2.45, 2.75) is 45.3 Å². The Bertz CT molecular complexity index is 953. The zero-order valence-electron chi connectivity index (χ0n) is 17.9. The molecule has 2 aromatic rings. The normalized spacial score (nSPS) is 21.8. The number of nitrogens with zero attached hydrogens (tertiary/aromatic N) is 2. The van der Waals surface area contributed by atoms with Gasteiger partial charge in [0.2, 0.25) is 0 Å². The van der Waals surface area contributed by atoms with Crippen molar-refractivity contribution in [2.75, 3.05) is 32.2 Å². The van der Waals surface area contributed by atoms with Gasteiger partial charge in [-0.3, -0.25) is 0 Å². The van der Waals surface area contributed by atoms with E-state index < -0.39 is 5.72 Å². The van der Waals surface area contributed by atoms with Crippen LogP contribution in [-0.2, 0) is 5.72 Å². The van der Waals surface area contributed by atoms with Gasteiger partial charge in [-0.25, -0.2) is 9.48 Å². The monoisotopic (exact) mass is 395 g/mol. The van der Waals surface area contributed by atoms with Crippen molar-refractivity contribution >= 4 is 11.5 Å². The molecular formula is C24H31N2O3+. The van der Waals surface area contributed by atoms with Crippen LogP contribution >= 0.6 is 0 Å². The van der Waals surface area contributed by atoms with Gasteiger partial charge in [-0.2, -0.15) is 0 Å². The molecule has 2 aromatic carbocycles. The summed E-state index contributed by atoms with van der Waals surface area (Å²) in [5, 5.41) is 12.0. The molecule has 0 amide bonds. The van der Waals surface area contributed by atoms with Crippen LogP contribution in [0.2, 0.25) is 0 Å². The van der Waals surface area contributed by atoms with Gasteiger partial charge < -0.3 is 14.6 Å². The number of amidine groups is 1. The average molecular weight is 396 g/mol. The van der Waals surface area contributed by atoms with Gasteiger partial charge >= 0.3 is 0 Å². The van der Waals surface area contributed by atoms with E-state index in [-0.39, 0.29) is 0 Å². The van der Waals surface area contributed by atoms with Crippen molar-refractivity contribution in [3.05, 3.63) is 53.1 Å². The number of rotatable bonds is 4. The minimum Gasteiger partial charge on any atom is -0.493 e. The Balaban J connectivity index is 1.84. The first-order valence-electron chi connectivity index (χ1n) is 10.4. The zero-order chi connectivity index (χ0) is 20.6. The predicted molar refractivity (Wildman–Crippen MR) is 115 cm³/mol. The second kappa shape index (κ2) is 7.71. The van der Waals surface area contributed by atoms with Crippen molar-refractivity contribution in [2.24, 2.45) is 0 Å². The van der Waals surface area contributed by atoms with Crippen LogP contribution in [0.25, 0.3) is 0 Å². The molecule has 0 aromatic heterocycles. The molecule has 5 nitrogen and oxygen atoms in total. The van der Waals surface area contributed by atoms with Crippen LogP contribution in [0.1, 0.15) is 42.4 Å². The van der Waals surface area contributed by atoms with E-state index in [2.05, 4.69) is 41.5 Å². The smallest absolute Gasteiger partial charge is 0.271 e. The summed E-state index contributed by atoms with van der Waals surface area (Å²) in [7, 11) is 3.26. The number of anilines is 1. The van der Waals surface area contributed by atoms with Crippen LogP contribution in [0.3, 0.4) is 0 Å². The highest BCUT2D eigenvalue weighted by molar-refractivity contribution is 5.96. The summed E-state index contributed by atoms with van der Waals surface area (Å²) in [6.45, 7) is 5.61. The Kier molecular flexibility index (Phi) is 5.26. The highest BCUT2D eigenvalue weighted by atomic mass is 16.5. The van der Waals surface area contributed by atoms with Gasteiger partial charge in [-0.15, -0.1) is 0 Å². The topological polar surface area (TPSA) is 44.9 Å². The molecular weight excluding hydrogens is 364 g/mol. The molecule has 1 N–H and O–H groups in total. The van der Waals surface area contributed by atoms with Gasteiger partial charge in [0, 0.05) is 12.0 Å². The summed E-state index contributed by atoms with van der Waals surface area (Å²) in [4.78, 5) is 2.32. The summed E-state index contributed by atoms with van der Waals surface area (Å²) in [5.41, 5.74) is 3.37. The molecule has 29 heavy (non-hydrogen) atoms. The SMILES string of the molecule is COc1ccc(C2(O)CN(c3cc(C)ccc3C)C3=[N+]2CCCCC3)cc1OC. The van der Waals surface area contributed by atoms with Crippen molar-refractivity contribution < 1.29 is 19.2 Å². The third kappa shape index (κ3) is 3.38. The van der Waals surface area contributed by atoms with Crippen molar-refractivity contribution in [1.82, 2.24) is 0 Å². The van der Waals surface area contributed by atoms with Crippen LogP contribution < -0.4 is 14.4 Å². The summed E-state index contributed by atoms with van der Waals surface area (Å²) in [6.07, 6.45) is 4.39. The molecule has 0 aliphatic carbocycles. The number of hydrogen-bond acceptors (Lipinski definition) is 4. The first-order valence-corrected chi connectivity index (χ1v) is 10.4. The zero-order valence-corrected chi connectivity index (χ0v) is 17.9. The number of hydrogen-bond donors (Lipinski definition) is 1. The Morgan fingerprint density at radius 3 is 2.52 bits per heavy atom. The predicted octanol–water partition coefficient (Wildman–Crippen LogP) is 3.97. The first kappa shape index (κ1) is 19.8. The Morgan fingerprint density at radius 2 is 1.76 bits per heavy atom. The highest BCUT2D eigenvalue weighted by Gasteiger charge is 2.52. The molecule has 4 rings (SSSR count). The molecule has 154 valence electrons. The number of benzene rings is 2. The summed E-state index contributed by atoms with van der Waals surface area (Å²) >= 11 is 0. The first-order chi connectivity index (χ1) is 14.0. The molecule has 0 saturated carbocycles. The maximum absolute atomic E-state index is 12.0. The molecule has 2 aliphatic rings. The van der Waals surface area contributed by atoms with Crippen LogP contribution in [0, 0.1) is 13.8 Å². The van der Waals surface area contributed by atoms with Gasteiger partial charge in [0.1, 0.15) is 5.69 Å². The Morgan fingerprint density at radius 1 is 0.966 bits per heavy atom. The van der Waals surface area contributed by atoms with E-state index in [9.17, 15) is 5.11 Å². The summed E-state index contributed by atoms with van der Waals surface area (Å²) < 4.78 is 13.1. The molecule has 2 heterocycles. The fourth-order valence-corrected chi connectivity index (χ4v) is 4.64. The quantitative estimate of drug-likeness (QED) is 0.796. The Labute approximate surface area is 173 Å². The van der Waals surface area contributed by atoms with Crippen LogP contribution in [0.5, 0.6) is 11.5 Å². The minimum absolute atomic E-state index is 0.502. The van der Waals surface area contributed by atoms with Gasteiger partial charge in [0.25, 0.3) is 11.6 Å². The fourth-order valence-electron chi connectivity index (χ4n) is 4.64. The lowest BCUT2D eigenvalue weighted by Gasteiger charge is -2.24. The molecule has 2 aliphatic heterocycles. The maximum Gasteiger partial charge on any atom is 0.271 e. The Hall–Kier alpha value is -2.53. The van der Waals surface area contributed by atoms with Crippen LogP contribution in [-0.4, -0.2) is 42.8 Å². The number of ether oxygens (including phenoxy) is 2. The van der Waals surface area contributed by atoms with Crippen molar-refractivity contribution in [3.8, 4) is 11.5 Å². The molecule has 1 atom stereocenters. The molecule has 0 bridgehead atoms. The molecule has 5 heteroatoms. The second-order valence-electron chi connectivity index (χ2n) is 8.14. The van der Waals surface area contributed by atoms with E-state index in [1.807, 2.05) is 18.2 Å². The standard InChI is InChI=1S/C24H31N2O3/c1-17-9-10-18(2)20(14-17)25-16-24(27,26-13-7-5-6-8-23(25)26)19-11-12-21(28-3)22(15-19)29-4/h9-12,14-15,27H,5-8,13,16H2,1-4H3/q+1. The fraction of sp³-hybridized carbons (Fsp3) is 0.458. The molecule has 0 saturated heterocycles. The molecule has 0 radical (unpaired) electrons. The lowest BCUT2D eigenvalue weighted by molar-refractivity contribution is -0.658. The number of aryl methyl sites for hydroxylation is 2. The minimum atomic E-state index is -1.10. The molecule has 1 unspecified atom stereocenters.